The first-order chi connectivity index (χ1) is 27.6. The molecule has 57 heavy (non-hydrogen) atoms. The van der Waals surface area contributed by atoms with Gasteiger partial charge >= 0.3 is 11.9 Å². The van der Waals surface area contributed by atoms with Crippen molar-refractivity contribution in [2.75, 3.05) is 41.0 Å². The second-order valence-electron chi connectivity index (χ2n) is 16.7. The number of carboxylic acid groups (broad SMARTS) is 1. The molecule has 8 heteroatoms. The summed E-state index contributed by atoms with van der Waals surface area (Å²) in [6.07, 6.45) is 47.0. The van der Waals surface area contributed by atoms with Gasteiger partial charge in [0.25, 0.3) is 0 Å². The number of allylic oxidation sites excluding steroid dienone is 8. The lowest BCUT2D eigenvalue weighted by Gasteiger charge is -2.34. The zero-order valence-electron chi connectivity index (χ0n) is 37.5. The highest BCUT2D eigenvalue weighted by Gasteiger charge is 2.25. The van der Waals surface area contributed by atoms with Crippen molar-refractivity contribution in [1.82, 2.24) is 0 Å². The smallest absolute Gasteiger partial charge is 0.306 e. The Morgan fingerprint density at radius 1 is 0.526 bits per heavy atom. The van der Waals surface area contributed by atoms with Gasteiger partial charge in [-0.05, 0) is 64.2 Å². The number of ether oxygens (including phenoxy) is 3. The molecule has 0 saturated carbocycles. The third-order valence-electron chi connectivity index (χ3n) is 10.2. The summed E-state index contributed by atoms with van der Waals surface area (Å²) in [7, 11) is 5.40. The van der Waals surface area contributed by atoms with Crippen molar-refractivity contribution in [2.45, 2.75) is 206 Å². The lowest BCUT2D eigenvalue weighted by Crippen LogP contribution is -2.55. The molecule has 0 aromatic carbocycles. The number of rotatable bonds is 41. The van der Waals surface area contributed by atoms with Crippen LogP contribution in [0.3, 0.4) is 0 Å². The van der Waals surface area contributed by atoms with Crippen LogP contribution in [0.25, 0.3) is 0 Å². The van der Waals surface area contributed by atoms with Gasteiger partial charge in [-0.3, -0.25) is 9.59 Å². The minimum absolute atomic E-state index is 0.0306. The first-order valence-corrected chi connectivity index (χ1v) is 23.2. The van der Waals surface area contributed by atoms with Gasteiger partial charge in [0.1, 0.15) is 12.6 Å². The summed E-state index contributed by atoms with van der Waals surface area (Å²) in [5, 5.41) is 11.6. The van der Waals surface area contributed by atoms with Crippen LogP contribution in [0.1, 0.15) is 194 Å². The van der Waals surface area contributed by atoms with Gasteiger partial charge in [0, 0.05) is 19.3 Å². The molecular weight excluding hydrogens is 715 g/mol. The lowest BCUT2D eigenvalue weighted by atomic mass is 10.1. The van der Waals surface area contributed by atoms with Crippen molar-refractivity contribution >= 4 is 17.9 Å². The van der Waals surface area contributed by atoms with Gasteiger partial charge in [-0.1, -0.05) is 159 Å². The summed E-state index contributed by atoms with van der Waals surface area (Å²) in [4.78, 5) is 36.9. The van der Waals surface area contributed by atoms with E-state index in [4.69, 9.17) is 14.2 Å². The van der Waals surface area contributed by atoms with E-state index in [9.17, 15) is 19.5 Å². The van der Waals surface area contributed by atoms with Crippen molar-refractivity contribution in [3.63, 3.8) is 0 Å². The Morgan fingerprint density at radius 2 is 0.947 bits per heavy atom. The minimum Gasteiger partial charge on any atom is -0.544 e. The number of aliphatic carboxylic acids is 1. The highest BCUT2D eigenvalue weighted by atomic mass is 16.6. The van der Waals surface area contributed by atoms with Crippen LogP contribution in [0.2, 0.25) is 0 Å². The Balaban J connectivity index is 4.38. The fourth-order valence-corrected chi connectivity index (χ4v) is 6.60. The van der Waals surface area contributed by atoms with Crippen LogP contribution in [0.5, 0.6) is 0 Å². The number of carbonyl (C=O) groups excluding carboxylic acids is 3. The average Bonchev–Trinajstić information content (AvgIpc) is 3.17. The summed E-state index contributed by atoms with van der Waals surface area (Å²) in [6.45, 7) is 4.61. The van der Waals surface area contributed by atoms with E-state index in [0.29, 0.717) is 12.8 Å². The van der Waals surface area contributed by atoms with Crippen LogP contribution in [0, 0.1) is 0 Å². The number of likely N-dealkylation sites (N-methyl/N-ethyl adjacent to an activating group) is 1. The molecule has 0 aliphatic heterocycles. The lowest BCUT2D eigenvalue weighted by molar-refractivity contribution is -0.889. The minimum atomic E-state index is -1.13. The molecule has 8 nitrogen and oxygen atoms in total. The molecule has 0 aliphatic carbocycles. The summed E-state index contributed by atoms with van der Waals surface area (Å²) in [5.41, 5.74) is 0. The normalized spacial score (nSPS) is 13.4. The van der Waals surface area contributed by atoms with Crippen molar-refractivity contribution < 1.29 is 38.2 Å². The van der Waals surface area contributed by atoms with Gasteiger partial charge in [-0.2, -0.15) is 0 Å². The maximum absolute atomic E-state index is 12.7. The van der Waals surface area contributed by atoms with Crippen LogP contribution in [0.4, 0.5) is 0 Å². The number of hydrogen-bond donors (Lipinski definition) is 0. The maximum atomic E-state index is 12.7. The molecule has 0 aromatic rings. The first-order valence-electron chi connectivity index (χ1n) is 23.2. The second kappa shape index (κ2) is 40.1. The van der Waals surface area contributed by atoms with Crippen LogP contribution < -0.4 is 5.11 Å². The molecule has 2 unspecified atom stereocenters. The van der Waals surface area contributed by atoms with E-state index in [2.05, 4.69) is 62.5 Å². The quantitative estimate of drug-likeness (QED) is 0.0199. The summed E-state index contributed by atoms with van der Waals surface area (Å²) < 4.78 is 17.2. The molecule has 0 amide bonds. The number of carboxylic acids is 1. The SMILES string of the molecule is CCCCCC/C=C/CCCCCCCCCC(=O)OCC(COCCC(C(=O)[O-])[N+](C)(C)C)OC(=O)CCCCCCC/C=C/C=C/C=C/CCCCCCC. The van der Waals surface area contributed by atoms with E-state index in [1.807, 2.05) is 0 Å². The van der Waals surface area contributed by atoms with E-state index in [0.717, 1.165) is 64.2 Å². The largest absolute Gasteiger partial charge is 0.544 e. The van der Waals surface area contributed by atoms with E-state index in [1.54, 1.807) is 21.1 Å². The second-order valence-corrected chi connectivity index (χ2v) is 16.7. The summed E-state index contributed by atoms with van der Waals surface area (Å²) >= 11 is 0. The molecule has 2 atom stereocenters. The standard InChI is InChI=1S/C49H87NO7/c1-6-8-10-12-14-16-18-20-22-23-24-26-28-30-32-34-36-38-40-48(52)57-45(43-55-42-41-46(49(53)54)50(3,4)5)44-56-47(51)39-37-35-33-31-29-27-25-21-19-17-15-13-11-9-7-2/h17-20,22-24,26,45-46H,6-16,21,25,27-44H2,1-5H3/b19-17+,20-18+,23-22+,26-24+. The number of nitrogens with zero attached hydrogens (tertiary/aromatic N) is 1. The van der Waals surface area contributed by atoms with Crippen LogP contribution in [-0.4, -0.2) is 75.5 Å². The average molecular weight is 802 g/mol. The fraction of sp³-hybridized carbons (Fsp3) is 0.776. The van der Waals surface area contributed by atoms with Crippen LogP contribution in [-0.2, 0) is 28.6 Å². The Kier molecular flexibility index (Phi) is 38.2. The fourth-order valence-electron chi connectivity index (χ4n) is 6.60. The molecule has 0 saturated heterocycles. The summed E-state index contributed by atoms with van der Waals surface area (Å²) in [6, 6.07) is -0.731. The number of unbranched alkanes of at least 4 members (excludes halogenated alkanes) is 21. The van der Waals surface area contributed by atoms with E-state index < -0.39 is 18.1 Å². The van der Waals surface area contributed by atoms with Crippen molar-refractivity contribution in [1.29, 1.82) is 0 Å². The molecule has 0 fully saturated rings. The Bertz CT molecular complexity index is 1070. The topological polar surface area (TPSA) is 102 Å². The zero-order chi connectivity index (χ0) is 42.1. The third kappa shape index (κ3) is 38.6. The van der Waals surface area contributed by atoms with E-state index in [1.165, 1.54) is 96.3 Å². The number of esters is 2. The molecule has 0 N–H and O–H groups in total. The van der Waals surface area contributed by atoms with Crippen LogP contribution in [0.15, 0.2) is 48.6 Å². The van der Waals surface area contributed by atoms with Crippen molar-refractivity contribution in [2.24, 2.45) is 0 Å². The molecule has 0 aromatic heterocycles. The molecule has 0 heterocycles. The Labute approximate surface area is 350 Å². The molecule has 0 aliphatic rings. The molecule has 0 spiro atoms. The number of quaternary nitrogens is 1. The Hall–Kier alpha value is -2.71. The highest BCUT2D eigenvalue weighted by molar-refractivity contribution is 5.70. The molecule has 0 radical (unpaired) electrons. The van der Waals surface area contributed by atoms with Gasteiger partial charge in [0.2, 0.25) is 0 Å². The molecule has 0 bridgehead atoms. The number of hydrogen-bond acceptors (Lipinski definition) is 7. The van der Waals surface area contributed by atoms with Crippen molar-refractivity contribution in [3.8, 4) is 0 Å². The zero-order valence-corrected chi connectivity index (χ0v) is 37.5. The van der Waals surface area contributed by atoms with Crippen LogP contribution >= 0.6 is 0 Å². The van der Waals surface area contributed by atoms with Gasteiger partial charge in [-0.25, -0.2) is 0 Å². The van der Waals surface area contributed by atoms with Gasteiger partial charge in [-0.15, -0.1) is 0 Å². The van der Waals surface area contributed by atoms with Crippen molar-refractivity contribution in [3.05, 3.63) is 48.6 Å². The predicted molar refractivity (Wildman–Crippen MR) is 236 cm³/mol. The van der Waals surface area contributed by atoms with Gasteiger partial charge in [0.05, 0.1) is 40.3 Å². The molecule has 0 rings (SSSR count). The van der Waals surface area contributed by atoms with Gasteiger partial charge < -0.3 is 28.6 Å². The predicted octanol–water partition coefficient (Wildman–Crippen LogP) is 11.5. The van der Waals surface area contributed by atoms with Gasteiger partial charge in [0.15, 0.2) is 6.10 Å². The monoisotopic (exact) mass is 802 g/mol. The van der Waals surface area contributed by atoms with E-state index in [-0.39, 0.29) is 42.7 Å². The maximum Gasteiger partial charge on any atom is 0.306 e. The summed E-state index contributed by atoms with van der Waals surface area (Å²) in [5.74, 6) is -1.77. The molecular formula is C49H87NO7. The van der Waals surface area contributed by atoms with E-state index >= 15 is 0 Å². The molecule has 330 valence electrons. The Morgan fingerprint density at radius 3 is 1.42 bits per heavy atom. The third-order valence-corrected chi connectivity index (χ3v) is 10.2. The first kappa shape index (κ1) is 54.3. The number of carbonyl (C=O) groups is 3. The highest BCUT2D eigenvalue weighted by Crippen LogP contribution is 2.14.